The van der Waals surface area contributed by atoms with Crippen molar-refractivity contribution in [3.8, 4) is 17.1 Å². The molecule has 7 nitrogen and oxygen atoms in total. The van der Waals surface area contributed by atoms with E-state index < -0.39 is 11.5 Å². The minimum Gasteiger partial charge on any atom is -0.508 e. The normalized spacial score (nSPS) is 19.8. The van der Waals surface area contributed by atoms with Crippen molar-refractivity contribution >= 4 is 16.7 Å². The number of ether oxygens (including phenoxy) is 1. The number of carbonyl (C=O) groups excluding carboxylic acids is 1. The van der Waals surface area contributed by atoms with Gasteiger partial charge in [0.1, 0.15) is 11.5 Å². The van der Waals surface area contributed by atoms with Gasteiger partial charge in [-0.05, 0) is 55.2 Å². The summed E-state index contributed by atoms with van der Waals surface area (Å²) in [7, 11) is 0. The number of pyridine rings is 2. The van der Waals surface area contributed by atoms with E-state index >= 15 is 0 Å². The molecule has 2 aromatic heterocycles. The highest BCUT2D eigenvalue weighted by Crippen LogP contribution is 2.42. The van der Waals surface area contributed by atoms with Gasteiger partial charge in [0.25, 0.3) is 5.56 Å². The zero-order valence-electron chi connectivity index (χ0n) is 19.3. The van der Waals surface area contributed by atoms with Gasteiger partial charge in [0, 0.05) is 28.3 Å². The molecule has 0 saturated heterocycles. The fourth-order valence-corrected chi connectivity index (χ4v) is 5.44. The van der Waals surface area contributed by atoms with Crippen LogP contribution in [-0.4, -0.2) is 33.1 Å². The van der Waals surface area contributed by atoms with Crippen LogP contribution < -0.4 is 11.3 Å². The highest BCUT2D eigenvalue weighted by Gasteiger charge is 2.41. The minimum absolute atomic E-state index is 0.0357. The number of hydrogen-bond donors (Lipinski definition) is 2. The Bertz CT molecular complexity index is 1360. The minimum atomic E-state index is -0.577. The number of ketones is 1. The molecule has 7 heteroatoms. The SMILES string of the molecule is CCc1c2c(nc3ccc(O)cc13)-c1cc3c(c(=O)n1C2)COC[C@@]3(CC)CC(=O)C(C)N. The Morgan fingerprint density at radius 2 is 2.09 bits per heavy atom. The number of aromatic nitrogens is 2. The van der Waals surface area contributed by atoms with E-state index in [1.807, 2.05) is 13.0 Å². The van der Waals surface area contributed by atoms with Gasteiger partial charge in [-0.15, -0.1) is 0 Å². The number of hydrogen-bond acceptors (Lipinski definition) is 6. The predicted octanol–water partition coefficient (Wildman–Crippen LogP) is 3.18. The van der Waals surface area contributed by atoms with Gasteiger partial charge >= 0.3 is 0 Å². The number of Topliss-reactive ketones (excluding diaryl/α,β-unsaturated/α-hetero) is 1. The van der Waals surface area contributed by atoms with Gasteiger partial charge in [0.2, 0.25) is 0 Å². The molecule has 0 aliphatic carbocycles. The molecule has 2 aliphatic rings. The van der Waals surface area contributed by atoms with Crippen molar-refractivity contribution in [2.75, 3.05) is 6.61 Å². The van der Waals surface area contributed by atoms with E-state index in [2.05, 4.69) is 13.0 Å². The lowest BCUT2D eigenvalue weighted by Crippen LogP contribution is -2.44. The molecule has 0 fully saturated rings. The number of nitrogens with two attached hydrogens (primary N) is 1. The van der Waals surface area contributed by atoms with Crippen LogP contribution in [0.1, 0.15) is 55.9 Å². The first-order valence-electron chi connectivity index (χ1n) is 11.6. The van der Waals surface area contributed by atoms with E-state index in [-0.39, 0.29) is 30.1 Å². The summed E-state index contributed by atoms with van der Waals surface area (Å²) < 4.78 is 7.65. The van der Waals surface area contributed by atoms with E-state index in [0.717, 1.165) is 45.4 Å². The summed E-state index contributed by atoms with van der Waals surface area (Å²) in [6.45, 7) is 6.86. The molecular weight excluding hydrogens is 418 g/mol. The number of aromatic hydroxyl groups is 1. The number of phenols is 1. The van der Waals surface area contributed by atoms with E-state index in [1.54, 1.807) is 23.6 Å². The van der Waals surface area contributed by atoms with Crippen molar-refractivity contribution in [1.29, 1.82) is 0 Å². The third-order valence-electron chi connectivity index (χ3n) is 7.39. The molecule has 1 aromatic carbocycles. The molecule has 4 heterocycles. The number of benzene rings is 1. The first-order chi connectivity index (χ1) is 15.8. The number of phenolic OH excluding ortho intramolecular Hbond substituents is 1. The van der Waals surface area contributed by atoms with Gasteiger partial charge in [0.15, 0.2) is 0 Å². The third kappa shape index (κ3) is 3.21. The second-order valence-corrected chi connectivity index (χ2v) is 9.34. The van der Waals surface area contributed by atoms with Crippen LogP contribution in [-0.2, 0) is 34.5 Å². The highest BCUT2D eigenvalue weighted by atomic mass is 16.5. The van der Waals surface area contributed by atoms with Crippen molar-refractivity contribution in [2.24, 2.45) is 5.73 Å². The first-order valence-corrected chi connectivity index (χ1v) is 11.6. The summed E-state index contributed by atoms with van der Waals surface area (Å²) in [4.78, 5) is 31.2. The zero-order chi connectivity index (χ0) is 23.5. The smallest absolute Gasteiger partial charge is 0.257 e. The second kappa shape index (κ2) is 7.78. The Balaban J connectivity index is 1.75. The van der Waals surface area contributed by atoms with Crippen LogP contribution in [0.25, 0.3) is 22.3 Å². The van der Waals surface area contributed by atoms with Gasteiger partial charge in [0.05, 0.1) is 42.7 Å². The molecule has 0 spiro atoms. The van der Waals surface area contributed by atoms with Crippen LogP contribution in [0.3, 0.4) is 0 Å². The van der Waals surface area contributed by atoms with Gasteiger partial charge in [-0.3, -0.25) is 9.59 Å². The topological polar surface area (TPSA) is 107 Å². The average molecular weight is 448 g/mol. The molecule has 1 unspecified atom stereocenters. The lowest BCUT2D eigenvalue weighted by Gasteiger charge is -2.38. The summed E-state index contributed by atoms with van der Waals surface area (Å²) in [6.07, 6.45) is 1.67. The molecule has 3 N–H and O–H groups in total. The van der Waals surface area contributed by atoms with Crippen molar-refractivity contribution in [3.05, 3.63) is 56.9 Å². The van der Waals surface area contributed by atoms with Crippen LogP contribution in [0.15, 0.2) is 29.1 Å². The maximum Gasteiger partial charge on any atom is 0.257 e. The Morgan fingerprint density at radius 3 is 2.79 bits per heavy atom. The third-order valence-corrected chi connectivity index (χ3v) is 7.39. The molecule has 2 atom stereocenters. The number of nitrogens with zero attached hydrogens (tertiary/aromatic N) is 2. The van der Waals surface area contributed by atoms with E-state index in [4.69, 9.17) is 15.5 Å². The number of rotatable bonds is 5. The molecule has 0 saturated carbocycles. The molecule has 33 heavy (non-hydrogen) atoms. The molecule has 3 aromatic rings. The molecule has 0 radical (unpaired) electrons. The van der Waals surface area contributed by atoms with Gasteiger partial charge in [-0.2, -0.15) is 0 Å². The fourth-order valence-electron chi connectivity index (χ4n) is 5.44. The Labute approximate surface area is 192 Å². The standard InChI is InChI=1S/C26H29N3O4/c1-4-16-17-8-15(30)6-7-21(17)28-24-18(16)11-29-22(24)9-20-19(25(29)32)12-33-13-26(20,5-2)10-23(31)14(3)27/h6-9,14,30H,4-5,10-13,27H2,1-3H3/t14?,26-/m1/s1. The highest BCUT2D eigenvalue weighted by molar-refractivity contribution is 5.89. The number of aryl methyl sites for hydroxylation is 1. The molecule has 2 aliphatic heterocycles. The van der Waals surface area contributed by atoms with Crippen molar-refractivity contribution in [1.82, 2.24) is 9.55 Å². The maximum atomic E-state index is 13.6. The summed E-state index contributed by atoms with van der Waals surface area (Å²) in [5, 5.41) is 10.9. The second-order valence-electron chi connectivity index (χ2n) is 9.34. The number of carbonyl (C=O) groups is 1. The van der Waals surface area contributed by atoms with E-state index in [1.165, 1.54) is 0 Å². The zero-order valence-corrected chi connectivity index (χ0v) is 19.3. The van der Waals surface area contributed by atoms with Crippen LogP contribution in [0.5, 0.6) is 5.75 Å². The summed E-state index contributed by atoms with van der Waals surface area (Å²) in [5.41, 5.74) is 11.2. The van der Waals surface area contributed by atoms with Gasteiger partial charge in [-0.25, -0.2) is 4.98 Å². The van der Waals surface area contributed by atoms with E-state index in [9.17, 15) is 14.7 Å². The average Bonchev–Trinajstić information content (AvgIpc) is 3.16. The van der Waals surface area contributed by atoms with Gasteiger partial charge in [-0.1, -0.05) is 13.8 Å². The molecule has 0 amide bonds. The fraction of sp³-hybridized carbons (Fsp3) is 0.423. The monoisotopic (exact) mass is 447 g/mol. The van der Waals surface area contributed by atoms with Crippen molar-refractivity contribution < 1.29 is 14.6 Å². The quantitative estimate of drug-likeness (QED) is 0.487. The Morgan fingerprint density at radius 1 is 1.30 bits per heavy atom. The van der Waals surface area contributed by atoms with E-state index in [0.29, 0.717) is 25.1 Å². The van der Waals surface area contributed by atoms with Gasteiger partial charge < -0.3 is 20.1 Å². The van der Waals surface area contributed by atoms with Crippen molar-refractivity contribution in [3.63, 3.8) is 0 Å². The van der Waals surface area contributed by atoms with Crippen LogP contribution >= 0.6 is 0 Å². The Kier molecular flexibility index (Phi) is 5.14. The summed E-state index contributed by atoms with van der Waals surface area (Å²) in [5.74, 6) is 0.164. The molecular formula is C26H29N3O4. The molecule has 0 bridgehead atoms. The summed E-state index contributed by atoms with van der Waals surface area (Å²) >= 11 is 0. The maximum absolute atomic E-state index is 13.6. The predicted molar refractivity (Wildman–Crippen MR) is 126 cm³/mol. The first kappa shape index (κ1) is 21.8. The van der Waals surface area contributed by atoms with Crippen LogP contribution in [0.2, 0.25) is 0 Å². The lowest BCUT2D eigenvalue weighted by molar-refractivity contribution is -0.122. The lowest BCUT2D eigenvalue weighted by atomic mass is 9.71. The summed E-state index contributed by atoms with van der Waals surface area (Å²) in [6, 6.07) is 6.69. The Hall–Kier alpha value is -3.03. The van der Waals surface area contributed by atoms with Crippen LogP contribution in [0.4, 0.5) is 0 Å². The number of fused-ring (bicyclic) bond motifs is 5. The molecule has 172 valence electrons. The van der Waals surface area contributed by atoms with Crippen molar-refractivity contribution in [2.45, 2.75) is 64.6 Å². The van der Waals surface area contributed by atoms with Crippen LogP contribution in [0, 0.1) is 0 Å². The largest absolute Gasteiger partial charge is 0.508 e. The molecule has 5 rings (SSSR count).